The number of aliphatic hydroxyl groups is 1. The van der Waals surface area contributed by atoms with Gasteiger partial charge in [0.05, 0.1) is 11.6 Å². The Balaban J connectivity index is 2.76. The van der Waals surface area contributed by atoms with Crippen molar-refractivity contribution in [2.75, 3.05) is 6.75 Å². The van der Waals surface area contributed by atoms with Gasteiger partial charge in [0.2, 0.25) is 6.75 Å². The monoisotopic (exact) mass is 249 g/mol. The smallest absolute Gasteiger partial charge is 0.231 e. The Morgan fingerprint density at radius 1 is 1.53 bits per heavy atom. The molecule has 1 heterocycles. The Labute approximate surface area is 123 Å². The van der Waals surface area contributed by atoms with Gasteiger partial charge in [-0.25, -0.2) is 0 Å². The highest BCUT2D eigenvalue weighted by Crippen LogP contribution is 2.33. The Morgan fingerprint density at radius 2 is 2.29 bits per heavy atom. The van der Waals surface area contributed by atoms with Gasteiger partial charge in [-0.3, -0.25) is 0 Å². The molecule has 1 atom stereocenters. The summed E-state index contributed by atoms with van der Waals surface area (Å²) in [5.41, 5.74) is -4.48. The van der Waals surface area contributed by atoms with E-state index in [4.69, 9.17) is 30.0 Å². The van der Waals surface area contributed by atoms with Crippen LogP contribution in [0, 0.1) is 5.41 Å². The molecule has 17 heavy (non-hydrogen) atoms. The van der Waals surface area contributed by atoms with Crippen LogP contribution in [0.4, 0.5) is 0 Å². The second-order valence-corrected chi connectivity index (χ2v) is 3.26. The first-order chi connectivity index (χ1) is 14.1. The fourth-order valence-corrected chi connectivity index (χ4v) is 0.985. The molecule has 1 aliphatic heterocycles. The number of hydrogen-bond acceptors (Lipinski definition) is 3. The van der Waals surface area contributed by atoms with Crippen molar-refractivity contribution in [2.24, 2.45) is 5.41 Å². The van der Waals surface area contributed by atoms with E-state index in [0.717, 1.165) is 0 Å². The number of rotatable bonds is 2. The van der Waals surface area contributed by atoms with Crippen LogP contribution in [0.5, 0.6) is 11.5 Å². The molecule has 0 saturated heterocycles. The Bertz CT molecular complexity index is 905. The molecule has 2 rings (SSSR count). The van der Waals surface area contributed by atoms with Crippen LogP contribution in [-0.2, 0) is 0 Å². The molecule has 1 aliphatic rings. The highest BCUT2D eigenvalue weighted by Gasteiger charge is 2.19. The van der Waals surface area contributed by atoms with Crippen LogP contribution in [0.2, 0.25) is 0 Å². The van der Waals surface area contributed by atoms with E-state index < -0.39 is 80.1 Å². The Kier molecular flexibility index (Phi) is 0.855. The zero-order valence-corrected chi connectivity index (χ0v) is 8.42. The fourth-order valence-electron chi connectivity index (χ4n) is 0.985. The second-order valence-electron chi connectivity index (χ2n) is 3.26. The summed E-state index contributed by atoms with van der Waals surface area (Å²) in [6.45, 7) is -14.1. The third kappa shape index (κ3) is 2.80. The molecule has 3 heteroatoms. The number of fused-ring (bicyclic) bond motifs is 1. The molecule has 0 spiro atoms. The number of benzene rings is 1. The van der Waals surface area contributed by atoms with Gasteiger partial charge in [0, 0.05) is 12.3 Å². The lowest BCUT2D eigenvalue weighted by molar-refractivity contribution is 0.106. The van der Waals surface area contributed by atoms with E-state index in [-0.39, 0.29) is 6.08 Å². The molecule has 1 N–H and O–H groups in total. The van der Waals surface area contributed by atoms with Crippen LogP contribution >= 0.6 is 0 Å². The van der Waals surface area contributed by atoms with Crippen molar-refractivity contribution in [1.29, 1.82) is 0 Å². The normalized spacial score (nSPS) is 35.1. The molecule has 0 saturated carbocycles. The van der Waals surface area contributed by atoms with Crippen molar-refractivity contribution < 1.29 is 35.1 Å². The molecule has 1 unspecified atom stereocenters. The predicted octanol–water partition coefficient (Wildman–Crippen LogP) is 2.84. The van der Waals surface area contributed by atoms with Crippen molar-refractivity contribution in [1.82, 2.24) is 0 Å². The maximum atomic E-state index is 10.6. The zero-order valence-electron chi connectivity index (χ0n) is 23.4. The lowest BCUT2D eigenvalue weighted by Crippen LogP contribution is -2.23. The zero-order chi connectivity index (χ0) is 25.2. The molecule has 3 nitrogen and oxygen atoms in total. The van der Waals surface area contributed by atoms with Crippen LogP contribution in [0.3, 0.4) is 0 Å². The quantitative estimate of drug-likeness (QED) is 0.876. The largest absolute Gasteiger partial charge is 0.454 e. The average Bonchev–Trinajstić information content (AvgIpc) is 2.85. The van der Waals surface area contributed by atoms with Crippen LogP contribution in [-0.4, -0.2) is 18.0 Å². The molecule has 0 fully saturated rings. The van der Waals surface area contributed by atoms with E-state index >= 15 is 0 Å². The van der Waals surface area contributed by atoms with E-state index in [0.29, 0.717) is 0 Å². The van der Waals surface area contributed by atoms with E-state index in [9.17, 15) is 5.11 Å². The lowest BCUT2D eigenvalue weighted by Gasteiger charge is -2.22. The van der Waals surface area contributed by atoms with Crippen molar-refractivity contribution >= 4 is 6.05 Å². The maximum Gasteiger partial charge on any atom is 0.231 e. The van der Waals surface area contributed by atoms with Crippen molar-refractivity contribution in [2.45, 2.75) is 26.7 Å². The fraction of sp³-hybridized carbons (Fsp3) is 0.429. The molecule has 1 aromatic rings. The standard InChI is InChI=1S/C14H18O3/c1-14(2,3)13(15)7-5-10-4-6-11-12(8-10)17-9-16-11/h4-8,13,15H,9H2,1-3H3/b7-5+/i1D3,2D3,3D3,4D,5D,6D,8D,9D2. The number of ether oxygens (including phenoxy) is 2. The Hall–Kier alpha value is -1.48. The van der Waals surface area contributed by atoms with Crippen LogP contribution in [0.25, 0.3) is 6.05 Å². The Morgan fingerprint density at radius 3 is 3.06 bits per heavy atom. The number of hydrogen-bond donors (Lipinski definition) is 1. The van der Waals surface area contributed by atoms with Gasteiger partial charge in [0.1, 0.15) is 2.74 Å². The summed E-state index contributed by atoms with van der Waals surface area (Å²) in [7, 11) is 0. The van der Waals surface area contributed by atoms with Gasteiger partial charge in [-0.2, -0.15) is 0 Å². The average molecular weight is 249 g/mol. The minimum atomic E-state index is -3.77. The first-order valence-electron chi connectivity index (χ1n) is 12.0. The van der Waals surface area contributed by atoms with Crippen LogP contribution < -0.4 is 9.47 Å². The summed E-state index contributed by atoms with van der Waals surface area (Å²) in [6.07, 6.45) is -2.54. The van der Waals surface area contributed by atoms with Gasteiger partial charge in [-0.15, -0.1) is 0 Å². The van der Waals surface area contributed by atoms with Crippen LogP contribution in [0.1, 0.15) is 46.7 Å². The second kappa shape index (κ2) is 4.41. The molecule has 1 aromatic carbocycles. The summed E-state index contributed by atoms with van der Waals surface area (Å²) in [5.74, 6) is -1.24. The summed E-state index contributed by atoms with van der Waals surface area (Å²) in [5, 5.41) is 10.6. The number of aliphatic hydroxyl groups excluding tert-OH is 1. The van der Waals surface area contributed by atoms with Crippen molar-refractivity contribution in [3.8, 4) is 11.5 Å². The van der Waals surface area contributed by atoms with E-state index in [2.05, 4.69) is 0 Å². The summed E-state index contributed by atoms with van der Waals surface area (Å²) in [6, 6.07) is -3.54. The van der Waals surface area contributed by atoms with E-state index in [1.165, 1.54) is 0 Å². The maximum absolute atomic E-state index is 10.6. The van der Waals surface area contributed by atoms with Gasteiger partial charge >= 0.3 is 0 Å². The molecule has 0 bridgehead atoms. The summed E-state index contributed by atoms with van der Waals surface area (Å²) < 4.78 is 125. The molecular formula is C14H18O3. The lowest BCUT2D eigenvalue weighted by atomic mass is 9.89. The van der Waals surface area contributed by atoms with Gasteiger partial charge < -0.3 is 14.6 Å². The highest BCUT2D eigenvalue weighted by atomic mass is 16.7. The molecule has 0 aliphatic carbocycles. The SMILES string of the molecule is [2H]/C(=C\C(O)C(C([2H])([2H])[2H])(C([2H])([2H])[2H])C([2H])([2H])[2H])c1c([2H])c([2H])c2c(c1[2H])OC([2H])([2H])O2. The van der Waals surface area contributed by atoms with Gasteiger partial charge in [-0.1, -0.05) is 38.7 Å². The van der Waals surface area contributed by atoms with Crippen LogP contribution in [0.15, 0.2) is 24.2 Å². The molecule has 92 valence electrons. The summed E-state index contributed by atoms with van der Waals surface area (Å²) >= 11 is 0. The minimum Gasteiger partial charge on any atom is -0.454 e. The van der Waals surface area contributed by atoms with E-state index in [1.807, 2.05) is 0 Å². The van der Waals surface area contributed by atoms with Gasteiger partial charge in [0.25, 0.3) is 0 Å². The first-order valence-corrected chi connectivity index (χ1v) is 4.49. The topological polar surface area (TPSA) is 38.7 Å². The molecule has 0 radical (unpaired) electrons. The minimum absolute atomic E-state index is 0.257. The third-order valence-electron chi connectivity index (χ3n) is 1.86. The predicted molar refractivity (Wildman–Crippen MR) is 67.1 cm³/mol. The third-order valence-corrected chi connectivity index (χ3v) is 1.86. The summed E-state index contributed by atoms with van der Waals surface area (Å²) in [4.78, 5) is 0. The van der Waals surface area contributed by atoms with Crippen molar-refractivity contribution in [3.63, 3.8) is 0 Å². The molecular weight excluding hydrogens is 216 g/mol. The molecule has 0 amide bonds. The van der Waals surface area contributed by atoms with Gasteiger partial charge in [0.15, 0.2) is 11.5 Å². The first kappa shape index (κ1) is 3.29. The highest BCUT2D eigenvalue weighted by molar-refractivity contribution is 5.56. The van der Waals surface area contributed by atoms with E-state index in [1.54, 1.807) is 0 Å². The van der Waals surface area contributed by atoms with Gasteiger partial charge in [-0.05, 0) is 23.1 Å². The van der Waals surface area contributed by atoms with Crippen molar-refractivity contribution in [3.05, 3.63) is 29.8 Å². The molecule has 0 aromatic heterocycles.